The van der Waals surface area contributed by atoms with Crippen molar-refractivity contribution in [2.75, 3.05) is 29.9 Å². The third-order valence-electron chi connectivity index (χ3n) is 5.95. The molecule has 0 unspecified atom stereocenters. The number of nitrogens with zero attached hydrogens (tertiary/aromatic N) is 5. The van der Waals surface area contributed by atoms with Crippen molar-refractivity contribution in [2.45, 2.75) is 26.2 Å². The van der Waals surface area contributed by atoms with E-state index in [0.717, 1.165) is 18.6 Å². The van der Waals surface area contributed by atoms with Crippen LogP contribution in [-0.2, 0) is 0 Å². The minimum absolute atomic E-state index is 0.0798. The van der Waals surface area contributed by atoms with Crippen LogP contribution < -0.4 is 20.7 Å². The Kier molecular flexibility index (Phi) is 7.70. The van der Waals surface area contributed by atoms with Gasteiger partial charge in [-0.05, 0) is 74.2 Å². The van der Waals surface area contributed by atoms with Crippen LogP contribution in [0.15, 0.2) is 48.5 Å². The van der Waals surface area contributed by atoms with Crippen molar-refractivity contribution in [3.05, 3.63) is 65.4 Å². The zero-order valence-corrected chi connectivity index (χ0v) is 20.0. The van der Waals surface area contributed by atoms with Gasteiger partial charge in [0, 0.05) is 30.8 Å². The average molecular weight is 486 g/mol. The largest absolute Gasteiger partial charge is 0.494 e. The van der Waals surface area contributed by atoms with Crippen LogP contribution in [0.5, 0.6) is 5.75 Å². The van der Waals surface area contributed by atoms with Gasteiger partial charge in [0.05, 0.1) is 18.2 Å². The van der Waals surface area contributed by atoms with Gasteiger partial charge in [-0.2, -0.15) is 10.2 Å². The number of hydrogen-bond acceptors (Lipinski definition) is 9. The number of aromatic nitrogens is 3. The number of ketones is 1. The molecule has 1 aliphatic rings. The Labute approximate surface area is 209 Å². The van der Waals surface area contributed by atoms with Crippen molar-refractivity contribution in [3.63, 3.8) is 0 Å². The predicted octanol–water partition coefficient (Wildman–Crippen LogP) is 3.47. The Morgan fingerprint density at radius 1 is 1.17 bits per heavy atom. The molecule has 1 atom stereocenters. The summed E-state index contributed by atoms with van der Waals surface area (Å²) >= 11 is 0. The summed E-state index contributed by atoms with van der Waals surface area (Å²) < 4.78 is 5.45. The van der Waals surface area contributed by atoms with E-state index in [1.165, 1.54) is 0 Å². The number of benzene rings is 2. The van der Waals surface area contributed by atoms with E-state index >= 15 is 0 Å². The van der Waals surface area contributed by atoms with E-state index in [1.54, 1.807) is 36.4 Å². The molecule has 2 aromatic carbocycles. The number of Topliss-reactive ketones (excluding diaryl/α,β-unsaturated/α-hetero) is 1. The monoisotopic (exact) mass is 485 g/mol. The normalized spacial score (nSPS) is 15.1. The van der Waals surface area contributed by atoms with Crippen LogP contribution in [-0.4, -0.2) is 46.6 Å². The van der Waals surface area contributed by atoms with Gasteiger partial charge in [0.1, 0.15) is 5.75 Å². The van der Waals surface area contributed by atoms with E-state index in [0.29, 0.717) is 48.9 Å². The molecule has 1 saturated heterocycles. The molecule has 3 N–H and O–H groups in total. The summed E-state index contributed by atoms with van der Waals surface area (Å²) in [4.78, 5) is 31.3. The highest BCUT2D eigenvalue weighted by Gasteiger charge is 2.26. The molecule has 0 aliphatic carbocycles. The highest BCUT2D eigenvalue weighted by molar-refractivity contribution is 5.96. The fourth-order valence-corrected chi connectivity index (χ4v) is 4.17. The molecule has 4 rings (SSSR count). The van der Waals surface area contributed by atoms with Crippen molar-refractivity contribution in [2.24, 2.45) is 11.7 Å². The second kappa shape index (κ2) is 11.3. The van der Waals surface area contributed by atoms with Crippen molar-refractivity contribution < 1.29 is 14.3 Å². The molecule has 0 spiro atoms. The first-order chi connectivity index (χ1) is 17.5. The van der Waals surface area contributed by atoms with Gasteiger partial charge < -0.3 is 20.7 Å². The Morgan fingerprint density at radius 2 is 1.92 bits per heavy atom. The van der Waals surface area contributed by atoms with Gasteiger partial charge in [-0.3, -0.25) is 9.59 Å². The molecule has 184 valence electrons. The molecule has 10 nitrogen and oxygen atoms in total. The van der Waals surface area contributed by atoms with Gasteiger partial charge in [0.25, 0.3) is 5.91 Å². The molecule has 1 aliphatic heterocycles. The van der Waals surface area contributed by atoms with Crippen LogP contribution in [0.2, 0.25) is 0 Å². The summed E-state index contributed by atoms with van der Waals surface area (Å²) in [6.45, 7) is 3.80. The molecule has 36 heavy (non-hydrogen) atoms. The van der Waals surface area contributed by atoms with Gasteiger partial charge in [-0.15, -0.1) is 10.2 Å². The van der Waals surface area contributed by atoms with Crippen LogP contribution in [0.1, 0.15) is 52.6 Å². The fourth-order valence-electron chi connectivity index (χ4n) is 4.17. The number of ether oxygens (including phenoxy) is 1. The topological polar surface area (TPSA) is 147 Å². The third kappa shape index (κ3) is 5.93. The minimum Gasteiger partial charge on any atom is -0.494 e. The van der Waals surface area contributed by atoms with E-state index < -0.39 is 5.91 Å². The lowest BCUT2D eigenvalue weighted by molar-refractivity contribution is 0.0954. The SMILES string of the molecule is CCOc1ccc(C(=O)C[C@@H]2CCCN(c3nnc(C(N)=O)c(Nc4ccc(C#N)cc4)n3)C2)cc1. The van der Waals surface area contributed by atoms with Gasteiger partial charge in [-0.25, -0.2) is 0 Å². The molecular weight excluding hydrogens is 458 g/mol. The highest BCUT2D eigenvalue weighted by atomic mass is 16.5. The van der Waals surface area contributed by atoms with E-state index in [4.69, 9.17) is 15.7 Å². The van der Waals surface area contributed by atoms with Crippen molar-refractivity contribution in [1.82, 2.24) is 15.2 Å². The number of hydrogen-bond donors (Lipinski definition) is 2. The van der Waals surface area contributed by atoms with E-state index in [9.17, 15) is 9.59 Å². The maximum absolute atomic E-state index is 12.9. The molecule has 0 radical (unpaired) electrons. The summed E-state index contributed by atoms with van der Waals surface area (Å²) in [5, 5.41) is 20.2. The number of nitrogens with one attached hydrogen (secondary N) is 1. The van der Waals surface area contributed by atoms with Crippen LogP contribution in [0.25, 0.3) is 0 Å². The Morgan fingerprint density at radius 3 is 2.58 bits per heavy atom. The minimum atomic E-state index is -0.754. The molecule has 1 aromatic heterocycles. The number of rotatable bonds is 9. The lowest BCUT2D eigenvalue weighted by atomic mass is 9.91. The Hall–Kier alpha value is -4.52. The smallest absolute Gasteiger partial charge is 0.273 e. The van der Waals surface area contributed by atoms with Crippen LogP contribution in [0, 0.1) is 17.2 Å². The average Bonchev–Trinajstić information content (AvgIpc) is 2.89. The second-order valence-electron chi connectivity index (χ2n) is 8.53. The zero-order valence-electron chi connectivity index (χ0n) is 20.0. The van der Waals surface area contributed by atoms with Crippen LogP contribution in [0.3, 0.4) is 0 Å². The quantitative estimate of drug-likeness (QED) is 0.435. The number of primary amides is 1. The lowest BCUT2D eigenvalue weighted by Crippen LogP contribution is -2.38. The summed E-state index contributed by atoms with van der Waals surface area (Å²) in [5.74, 6) is 0.741. The molecular formula is C26H27N7O3. The Bertz CT molecular complexity index is 1270. The summed E-state index contributed by atoms with van der Waals surface area (Å²) in [5.41, 5.74) is 7.19. The fraction of sp³-hybridized carbons (Fsp3) is 0.308. The summed E-state index contributed by atoms with van der Waals surface area (Å²) in [6, 6.07) is 16.0. The summed E-state index contributed by atoms with van der Waals surface area (Å²) in [6.07, 6.45) is 2.20. The molecule has 2 heterocycles. The predicted molar refractivity (Wildman–Crippen MR) is 134 cm³/mol. The number of piperidine rings is 1. The number of anilines is 3. The van der Waals surface area contributed by atoms with Crippen molar-refractivity contribution >= 4 is 29.1 Å². The van der Waals surface area contributed by atoms with Gasteiger partial charge in [-0.1, -0.05) is 0 Å². The van der Waals surface area contributed by atoms with Crippen LogP contribution >= 0.6 is 0 Å². The third-order valence-corrected chi connectivity index (χ3v) is 5.95. The first-order valence-corrected chi connectivity index (χ1v) is 11.8. The van der Waals surface area contributed by atoms with E-state index in [-0.39, 0.29) is 23.2 Å². The number of nitriles is 1. The molecule has 1 amide bonds. The first-order valence-electron chi connectivity index (χ1n) is 11.8. The molecule has 10 heteroatoms. The van der Waals surface area contributed by atoms with Gasteiger partial charge >= 0.3 is 0 Å². The maximum Gasteiger partial charge on any atom is 0.273 e. The van der Waals surface area contributed by atoms with Gasteiger partial charge in [0.2, 0.25) is 5.95 Å². The standard InChI is InChI=1S/C26H27N7O3/c1-2-36-21-11-7-19(8-12-21)22(34)14-18-4-3-13-33(16-18)26-30-25(23(24(28)35)31-32-26)29-20-9-5-17(15-27)6-10-20/h5-12,18H,2-4,13-14,16H2,1H3,(H2,28,35)(H,29,30,32)/t18-/m0/s1. The first kappa shape index (κ1) is 24.6. The van der Waals surface area contributed by atoms with E-state index in [2.05, 4.69) is 26.6 Å². The molecule has 1 fully saturated rings. The molecule has 3 aromatic rings. The zero-order chi connectivity index (χ0) is 25.5. The number of carbonyl (C=O) groups is 2. The van der Waals surface area contributed by atoms with Crippen molar-refractivity contribution in [1.29, 1.82) is 5.26 Å². The number of carbonyl (C=O) groups excluding carboxylic acids is 2. The summed E-state index contributed by atoms with van der Waals surface area (Å²) in [7, 11) is 0. The number of nitrogens with two attached hydrogens (primary N) is 1. The van der Waals surface area contributed by atoms with Gasteiger partial charge in [0.15, 0.2) is 17.3 Å². The Balaban J connectivity index is 1.47. The maximum atomic E-state index is 12.9. The molecule has 0 saturated carbocycles. The highest BCUT2D eigenvalue weighted by Crippen LogP contribution is 2.26. The number of amides is 1. The van der Waals surface area contributed by atoms with Crippen LogP contribution in [0.4, 0.5) is 17.5 Å². The lowest BCUT2D eigenvalue weighted by Gasteiger charge is -2.32. The molecule has 0 bridgehead atoms. The van der Waals surface area contributed by atoms with E-state index in [1.807, 2.05) is 24.0 Å². The van der Waals surface area contributed by atoms with Crippen molar-refractivity contribution in [3.8, 4) is 11.8 Å². The second-order valence-corrected chi connectivity index (χ2v) is 8.53.